The van der Waals surface area contributed by atoms with Crippen molar-refractivity contribution in [3.05, 3.63) is 95.1 Å². The quantitative estimate of drug-likeness (QED) is 0.405. The monoisotopic (exact) mass is 503 g/mol. The van der Waals surface area contributed by atoms with Gasteiger partial charge >= 0.3 is 5.97 Å². The van der Waals surface area contributed by atoms with Gasteiger partial charge in [-0.1, -0.05) is 30.3 Å². The standard InChI is InChI=1S/C27H26FN5O4/c1-26(2,3)37-25(36)27(30)24(35)33(15-20-17(23(29)34)11-8-14-31-20)21-13-7-5-10-18(21)22(32-27)16-9-4-6-12-19(16)28/h4-14H,15,30H2,1-3H3,(H2,29,34). The van der Waals surface area contributed by atoms with Crippen molar-refractivity contribution in [3.8, 4) is 0 Å². The van der Waals surface area contributed by atoms with Crippen LogP contribution in [-0.4, -0.2) is 39.7 Å². The van der Waals surface area contributed by atoms with Crippen molar-refractivity contribution in [1.82, 2.24) is 4.98 Å². The first kappa shape index (κ1) is 25.6. The van der Waals surface area contributed by atoms with Crippen LogP contribution in [0, 0.1) is 5.82 Å². The number of carbonyl (C=O) groups is 3. The van der Waals surface area contributed by atoms with E-state index in [4.69, 9.17) is 16.2 Å². The number of fused-ring (bicyclic) bond motifs is 1. The molecule has 190 valence electrons. The second-order valence-corrected chi connectivity index (χ2v) is 9.48. The molecule has 2 heterocycles. The Labute approximate surface area is 213 Å². The number of anilines is 1. The minimum Gasteiger partial charge on any atom is -0.457 e. The summed E-state index contributed by atoms with van der Waals surface area (Å²) >= 11 is 0. The van der Waals surface area contributed by atoms with E-state index in [1.165, 1.54) is 41.4 Å². The number of ether oxygens (including phenoxy) is 1. The normalized spacial score (nSPS) is 17.5. The number of halogens is 1. The van der Waals surface area contributed by atoms with E-state index in [0.29, 0.717) is 5.56 Å². The van der Waals surface area contributed by atoms with Crippen molar-refractivity contribution in [2.75, 3.05) is 4.90 Å². The Morgan fingerprint density at radius 2 is 1.68 bits per heavy atom. The fourth-order valence-corrected chi connectivity index (χ4v) is 3.95. The van der Waals surface area contributed by atoms with E-state index in [1.807, 2.05) is 0 Å². The number of amides is 2. The average Bonchev–Trinajstić information content (AvgIpc) is 2.93. The maximum absolute atomic E-state index is 15.0. The van der Waals surface area contributed by atoms with Gasteiger partial charge in [0.2, 0.25) is 0 Å². The zero-order chi connectivity index (χ0) is 27.0. The molecule has 1 aromatic heterocycles. The Hall–Kier alpha value is -4.44. The summed E-state index contributed by atoms with van der Waals surface area (Å²) in [4.78, 5) is 49.3. The molecule has 1 unspecified atom stereocenters. The lowest BCUT2D eigenvalue weighted by atomic mass is 9.99. The number of para-hydroxylation sites is 1. The molecule has 0 saturated carbocycles. The lowest BCUT2D eigenvalue weighted by Crippen LogP contribution is -2.60. The molecule has 37 heavy (non-hydrogen) atoms. The lowest BCUT2D eigenvalue weighted by molar-refractivity contribution is -0.163. The maximum atomic E-state index is 15.0. The van der Waals surface area contributed by atoms with Crippen molar-refractivity contribution in [1.29, 1.82) is 0 Å². The minimum absolute atomic E-state index is 0.00550. The first-order valence-electron chi connectivity index (χ1n) is 11.4. The molecule has 0 fully saturated rings. The van der Waals surface area contributed by atoms with Crippen molar-refractivity contribution in [3.63, 3.8) is 0 Å². The van der Waals surface area contributed by atoms with Crippen LogP contribution in [0.2, 0.25) is 0 Å². The van der Waals surface area contributed by atoms with Crippen molar-refractivity contribution < 1.29 is 23.5 Å². The lowest BCUT2D eigenvalue weighted by Gasteiger charge is -2.31. The Bertz CT molecular complexity index is 1430. The SMILES string of the molecule is CC(C)(C)OC(=O)C1(N)N=C(c2ccccc2F)c2ccccc2N(Cc2ncccc2C(N)=O)C1=O. The van der Waals surface area contributed by atoms with Crippen LogP contribution >= 0.6 is 0 Å². The molecular formula is C27H26FN5O4. The summed E-state index contributed by atoms with van der Waals surface area (Å²) < 4.78 is 20.5. The number of carbonyl (C=O) groups excluding carboxylic acids is 3. The van der Waals surface area contributed by atoms with Crippen molar-refractivity contribution in [2.45, 2.75) is 38.6 Å². The number of hydrogen-bond acceptors (Lipinski definition) is 7. The number of pyridine rings is 1. The molecule has 1 aliphatic rings. The summed E-state index contributed by atoms with van der Waals surface area (Å²) in [5, 5.41) is 0. The number of aromatic nitrogens is 1. The van der Waals surface area contributed by atoms with Crippen LogP contribution in [0.4, 0.5) is 10.1 Å². The van der Waals surface area contributed by atoms with Crippen LogP contribution in [0.25, 0.3) is 0 Å². The number of nitrogens with zero attached hydrogens (tertiary/aromatic N) is 3. The second kappa shape index (κ2) is 9.55. The van der Waals surface area contributed by atoms with Gasteiger partial charge in [0.05, 0.1) is 29.2 Å². The molecule has 0 saturated heterocycles. The van der Waals surface area contributed by atoms with Crippen LogP contribution in [0.1, 0.15) is 48.0 Å². The number of benzodiazepines with no additional fused rings is 1. The predicted molar refractivity (Wildman–Crippen MR) is 135 cm³/mol. The van der Waals surface area contributed by atoms with E-state index < -0.39 is 34.9 Å². The summed E-state index contributed by atoms with van der Waals surface area (Å²) in [5.74, 6) is -3.42. The van der Waals surface area contributed by atoms with Gasteiger partial charge in [-0.2, -0.15) is 0 Å². The fraction of sp³-hybridized carbons (Fsp3) is 0.222. The number of hydrogen-bond donors (Lipinski definition) is 2. The molecule has 4 rings (SSSR count). The Kier molecular flexibility index (Phi) is 6.62. The third kappa shape index (κ3) is 4.96. The molecule has 2 amide bonds. The van der Waals surface area contributed by atoms with Gasteiger partial charge in [0, 0.05) is 17.3 Å². The number of rotatable bonds is 5. The molecule has 9 nitrogen and oxygen atoms in total. The highest BCUT2D eigenvalue weighted by atomic mass is 19.1. The van der Waals surface area contributed by atoms with Gasteiger partial charge < -0.3 is 15.4 Å². The second-order valence-electron chi connectivity index (χ2n) is 9.48. The zero-order valence-corrected chi connectivity index (χ0v) is 20.6. The summed E-state index contributed by atoms with van der Waals surface area (Å²) in [6, 6.07) is 15.4. The zero-order valence-electron chi connectivity index (χ0n) is 20.6. The van der Waals surface area contributed by atoms with Crippen LogP contribution < -0.4 is 16.4 Å². The third-order valence-corrected chi connectivity index (χ3v) is 5.61. The molecule has 0 spiro atoms. The fourth-order valence-electron chi connectivity index (χ4n) is 3.95. The number of benzene rings is 2. The molecule has 1 aliphatic heterocycles. The van der Waals surface area contributed by atoms with Crippen molar-refractivity contribution >= 4 is 29.2 Å². The molecule has 0 radical (unpaired) electrons. The minimum atomic E-state index is -2.58. The summed E-state index contributed by atoms with van der Waals surface area (Å²) in [7, 11) is 0. The maximum Gasteiger partial charge on any atom is 0.359 e. The smallest absolute Gasteiger partial charge is 0.359 e. The van der Waals surface area contributed by atoms with Gasteiger partial charge in [-0.3, -0.25) is 20.3 Å². The molecule has 1 atom stereocenters. The van der Waals surface area contributed by atoms with E-state index in [2.05, 4.69) is 9.98 Å². The average molecular weight is 504 g/mol. The third-order valence-electron chi connectivity index (χ3n) is 5.61. The Morgan fingerprint density at radius 3 is 2.32 bits per heavy atom. The van der Waals surface area contributed by atoms with Gasteiger partial charge in [0.25, 0.3) is 17.5 Å². The summed E-state index contributed by atoms with van der Waals surface area (Å²) in [6.07, 6.45) is 1.45. The van der Waals surface area contributed by atoms with Crippen LogP contribution in [0.15, 0.2) is 71.9 Å². The number of aliphatic imine (C=N–C) groups is 1. The summed E-state index contributed by atoms with van der Waals surface area (Å²) in [6.45, 7) is 4.60. The Morgan fingerprint density at radius 1 is 1.03 bits per heavy atom. The predicted octanol–water partition coefficient (Wildman–Crippen LogP) is 2.70. The van der Waals surface area contributed by atoms with E-state index in [-0.39, 0.29) is 34.8 Å². The highest BCUT2D eigenvalue weighted by Gasteiger charge is 2.51. The van der Waals surface area contributed by atoms with Crippen molar-refractivity contribution in [2.24, 2.45) is 16.5 Å². The van der Waals surface area contributed by atoms with Crippen LogP contribution in [0.5, 0.6) is 0 Å². The molecule has 4 N–H and O–H groups in total. The van der Waals surface area contributed by atoms with E-state index in [1.54, 1.807) is 51.1 Å². The molecule has 10 heteroatoms. The van der Waals surface area contributed by atoms with Gasteiger partial charge in [-0.15, -0.1) is 0 Å². The van der Waals surface area contributed by atoms with E-state index >= 15 is 4.39 Å². The first-order chi connectivity index (χ1) is 17.4. The molecule has 2 aromatic carbocycles. The topological polar surface area (TPSA) is 141 Å². The number of primary amides is 1. The highest BCUT2D eigenvalue weighted by Crippen LogP contribution is 2.33. The van der Waals surface area contributed by atoms with E-state index in [0.717, 1.165) is 0 Å². The van der Waals surface area contributed by atoms with Gasteiger partial charge in [-0.05, 0) is 51.1 Å². The Balaban J connectivity index is 1.98. The molecular weight excluding hydrogens is 477 g/mol. The van der Waals surface area contributed by atoms with Gasteiger partial charge in [0.15, 0.2) is 0 Å². The highest BCUT2D eigenvalue weighted by molar-refractivity contribution is 6.25. The summed E-state index contributed by atoms with van der Waals surface area (Å²) in [5.41, 5.74) is 9.34. The largest absolute Gasteiger partial charge is 0.457 e. The van der Waals surface area contributed by atoms with E-state index in [9.17, 15) is 14.4 Å². The van der Waals surface area contributed by atoms with Crippen LogP contribution in [-0.2, 0) is 20.9 Å². The van der Waals surface area contributed by atoms with Gasteiger partial charge in [0.1, 0.15) is 11.4 Å². The number of nitrogens with two attached hydrogens (primary N) is 2. The molecule has 3 aromatic rings. The number of esters is 1. The van der Waals surface area contributed by atoms with Gasteiger partial charge in [-0.25, -0.2) is 14.2 Å². The van der Waals surface area contributed by atoms with Crippen LogP contribution in [0.3, 0.4) is 0 Å². The molecule has 0 aliphatic carbocycles. The first-order valence-corrected chi connectivity index (χ1v) is 11.4. The molecule has 0 bridgehead atoms.